The fourth-order valence-electron chi connectivity index (χ4n) is 3.10. The van der Waals surface area contributed by atoms with Gasteiger partial charge in [0, 0.05) is 5.56 Å². The van der Waals surface area contributed by atoms with E-state index in [2.05, 4.69) is 9.72 Å². The van der Waals surface area contributed by atoms with Crippen LogP contribution in [0, 0.1) is 10.1 Å². The lowest BCUT2D eigenvalue weighted by molar-refractivity contribution is -0.383. The number of nitrogens with zero attached hydrogens (tertiary/aromatic N) is 1. The Morgan fingerprint density at radius 1 is 1.23 bits per heavy atom. The van der Waals surface area contributed by atoms with Crippen LogP contribution in [0.5, 0.6) is 0 Å². The molecule has 11 heteroatoms. The molecule has 0 fully saturated rings. The second-order valence-corrected chi connectivity index (χ2v) is 6.15. The van der Waals surface area contributed by atoms with Crippen molar-refractivity contribution in [2.24, 2.45) is 0 Å². The highest BCUT2D eigenvalue weighted by atomic mass is 19.4. The summed E-state index contributed by atoms with van der Waals surface area (Å²) in [4.78, 5) is 37.9. The summed E-state index contributed by atoms with van der Waals surface area (Å²) in [5.41, 5.74) is 0.903. The number of ether oxygens (including phenoxy) is 1. The second kappa shape index (κ2) is 7.50. The normalized spacial score (nSPS) is 11.5. The monoisotopic (exact) mass is 421 g/mol. The van der Waals surface area contributed by atoms with Gasteiger partial charge in [-0.25, -0.2) is 4.79 Å². The van der Waals surface area contributed by atoms with E-state index in [1.54, 1.807) is 18.2 Å². The molecule has 0 aliphatic heterocycles. The highest BCUT2D eigenvalue weighted by Crippen LogP contribution is 2.43. The van der Waals surface area contributed by atoms with E-state index >= 15 is 0 Å². The quantitative estimate of drug-likeness (QED) is 0.276. The highest BCUT2D eigenvalue weighted by molar-refractivity contribution is 6.19. The van der Waals surface area contributed by atoms with Crippen LogP contribution in [0.25, 0.3) is 10.9 Å². The number of anilines is 1. The summed E-state index contributed by atoms with van der Waals surface area (Å²) in [6, 6.07) is 8.19. The van der Waals surface area contributed by atoms with Crippen molar-refractivity contribution in [2.75, 3.05) is 12.3 Å². The van der Waals surface area contributed by atoms with Crippen molar-refractivity contribution < 1.29 is 32.4 Å². The van der Waals surface area contributed by atoms with Gasteiger partial charge in [0.15, 0.2) is 5.56 Å². The van der Waals surface area contributed by atoms with E-state index in [1.807, 2.05) is 0 Å². The molecule has 30 heavy (non-hydrogen) atoms. The van der Waals surface area contributed by atoms with Gasteiger partial charge in [-0.15, -0.1) is 0 Å². The summed E-state index contributed by atoms with van der Waals surface area (Å²) < 4.78 is 45.4. The van der Waals surface area contributed by atoms with Crippen molar-refractivity contribution >= 4 is 34.0 Å². The molecule has 3 N–H and O–H groups in total. The van der Waals surface area contributed by atoms with E-state index in [0.29, 0.717) is 6.07 Å². The number of hydrogen-bond acceptors (Lipinski definition) is 6. The first-order chi connectivity index (χ1) is 14.1. The molecule has 0 saturated carbocycles. The summed E-state index contributed by atoms with van der Waals surface area (Å²) in [7, 11) is 0. The molecule has 1 heterocycles. The van der Waals surface area contributed by atoms with E-state index in [4.69, 9.17) is 5.73 Å². The number of halogens is 3. The van der Waals surface area contributed by atoms with Crippen LogP contribution in [0.2, 0.25) is 0 Å². The van der Waals surface area contributed by atoms with Crippen LogP contribution in [0.1, 0.15) is 38.9 Å². The van der Waals surface area contributed by atoms with Crippen LogP contribution in [0.4, 0.5) is 24.5 Å². The zero-order valence-electron chi connectivity index (χ0n) is 15.4. The van der Waals surface area contributed by atoms with Crippen LogP contribution in [0.3, 0.4) is 0 Å². The zero-order chi connectivity index (χ0) is 22.2. The number of H-pyrrole nitrogens is 1. The number of rotatable bonds is 5. The third-order valence-electron chi connectivity index (χ3n) is 4.33. The fourth-order valence-corrected chi connectivity index (χ4v) is 3.10. The Morgan fingerprint density at radius 3 is 2.40 bits per heavy atom. The molecule has 0 atom stereocenters. The molecule has 2 aromatic carbocycles. The van der Waals surface area contributed by atoms with E-state index in [9.17, 15) is 32.9 Å². The first-order valence-electron chi connectivity index (χ1n) is 8.54. The van der Waals surface area contributed by atoms with Crippen LogP contribution in [-0.2, 0) is 10.9 Å². The number of benzene rings is 2. The number of fused-ring (bicyclic) bond motifs is 1. The maximum atomic E-state index is 13.6. The van der Waals surface area contributed by atoms with E-state index in [1.165, 1.54) is 19.1 Å². The van der Waals surface area contributed by atoms with Gasteiger partial charge in [0.2, 0.25) is 5.78 Å². The molecule has 3 rings (SSSR count). The summed E-state index contributed by atoms with van der Waals surface area (Å²) in [5, 5.41) is 11.2. The van der Waals surface area contributed by atoms with Crippen molar-refractivity contribution in [1.29, 1.82) is 0 Å². The summed E-state index contributed by atoms with van der Waals surface area (Å²) in [5.74, 6) is -2.19. The highest BCUT2D eigenvalue weighted by Gasteiger charge is 2.43. The molecular formula is C19H14F3N3O5. The Balaban J connectivity index is 2.40. The number of alkyl halides is 3. The maximum absolute atomic E-state index is 13.6. The van der Waals surface area contributed by atoms with Gasteiger partial charge in [0.1, 0.15) is 11.1 Å². The van der Waals surface area contributed by atoms with Gasteiger partial charge in [-0.05, 0) is 13.0 Å². The van der Waals surface area contributed by atoms with Crippen LogP contribution < -0.4 is 5.73 Å². The molecule has 0 spiro atoms. The third-order valence-corrected chi connectivity index (χ3v) is 4.33. The SMILES string of the molecule is CCOC(=O)c1c(C(F)(F)F)cc2[nH]c(C(=O)c3ccccc3)c(N)c2c1[N+](=O)[O-]. The average Bonchev–Trinajstić information content (AvgIpc) is 3.02. The van der Waals surface area contributed by atoms with Crippen LogP contribution >= 0.6 is 0 Å². The van der Waals surface area contributed by atoms with Crippen molar-refractivity contribution in [1.82, 2.24) is 4.98 Å². The Labute approximate surface area is 166 Å². The molecule has 0 unspecified atom stereocenters. The number of carbonyl (C=O) groups is 2. The molecule has 156 valence electrons. The second-order valence-electron chi connectivity index (χ2n) is 6.15. The molecule has 0 saturated heterocycles. The molecular weight excluding hydrogens is 407 g/mol. The Bertz CT molecular complexity index is 1170. The van der Waals surface area contributed by atoms with Gasteiger partial charge in [0.25, 0.3) is 5.69 Å². The van der Waals surface area contributed by atoms with Crippen LogP contribution in [0.15, 0.2) is 36.4 Å². The topological polar surface area (TPSA) is 128 Å². The number of ketones is 1. The van der Waals surface area contributed by atoms with Crippen molar-refractivity contribution in [3.05, 3.63) is 68.9 Å². The minimum Gasteiger partial charge on any atom is -0.462 e. The Morgan fingerprint density at radius 2 is 1.87 bits per heavy atom. The molecule has 8 nitrogen and oxygen atoms in total. The number of esters is 1. The minimum absolute atomic E-state index is 0.167. The van der Waals surface area contributed by atoms with Crippen molar-refractivity contribution in [3.8, 4) is 0 Å². The molecule has 0 aliphatic rings. The first kappa shape index (κ1) is 20.8. The Kier molecular flexibility index (Phi) is 5.21. The van der Waals surface area contributed by atoms with Crippen molar-refractivity contribution in [3.63, 3.8) is 0 Å². The molecule has 3 aromatic rings. The summed E-state index contributed by atoms with van der Waals surface area (Å²) in [6.07, 6.45) is -5.11. The van der Waals surface area contributed by atoms with E-state index in [-0.39, 0.29) is 17.9 Å². The number of carbonyl (C=O) groups excluding carboxylic acids is 2. The smallest absolute Gasteiger partial charge is 0.417 e. The van der Waals surface area contributed by atoms with E-state index in [0.717, 1.165) is 0 Å². The van der Waals surface area contributed by atoms with E-state index < -0.39 is 56.3 Å². The van der Waals surface area contributed by atoms with Gasteiger partial charge in [-0.2, -0.15) is 13.2 Å². The molecule has 0 radical (unpaired) electrons. The minimum atomic E-state index is -5.11. The fraction of sp³-hybridized carbons (Fsp3) is 0.158. The van der Waals surface area contributed by atoms with Gasteiger partial charge < -0.3 is 15.5 Å². The van der Waals surface area contributed by atoms with Crippen molar-refractivity contribution in [2.45, 2.75) is 13.1 Å². The summed E-state index contributed by atoms with van der Waals surface area (Å²) >= 11 is 0. The average molecular weight is 421 g/mol. The maximum Gasteiger partial charge on any atom is 0.417 e. The number of nitrogens with one attached hydrogen (secondary N) is 1. The zero-order valence-corrected chi connectivity index (χ0v) is 15.4. The number of nitrogens with two attached hydrogens (primary N) is 1. The third kappa shape index (κ3) is 3.45. The van der Waals surface area contributed by atoms with Gasteiger partial charge in [-0.3, -0.25) is 14.9 Å². The molecule has 0 bridgehead atoms. The molecule has 1 aromatic heterocycles. The van der Waals surface area contributed by atoms with Gasteiger partial charge in [0.05, 0.1) is 28.3 Å². The largest absolute Gasteiger partial charge is 0.462 e. The van der Waals surface area contributed by atoms with Gasteiger partial charge >= 0.3 is 12.1 Å². The first-order valence-corrected chi connectivity index (χ1v) is 8.54. The number of nitrogen functional groups attached to an aromatic ring is 1. The predicted molar refractivity (Wildman–Crippen MR) is 100 cm³/mol. The standard InChI is InChI=1S/C19H14F3N3O5/c1-2-30-18(27)12-10(19(20,21)22)8-11-13(16(12)25(28)29)14(23)15(24-11)17(26)9-6-4-3-5-7-9/h3-8,24H,2,23H2,1H3. The predicted octanol–water partition coefficient (Wildman–Crippen LogP) is 4.08. The number of nitro groups is 1. The lowest BCUT2D eigenvalue weighted by Gasteiger charge is -2.13. The molecule has 0 aliphatic carbocycles. The lowest BCUT2D eigenvalue weighted by Crippen LogP contribution is -2.17. The number of aromatic nitrogens is 1. The lowest BCUT2D eigenvalue weighted by atomic mass is 10.00. The number of aromatic amines is 1. The number of hydrogen-bond donors (Lipinski definition) is 2. The van der Waals surface area contributed by atoms with Crippen LogP contribution in [-0.4, -0.2) is 28.3 Å². The number of nitro benzene ring substituents is 1. The van der Waals surface area contributed by atoms with Gasteiger partial charge in [-0.1, -0.05) is 30.3 Å². The molecule has 0 amide bonds. The summed E-state index contributed by atoms with van der Waals surface area (Å²) in [6.45, 7) is 1.04. The Hall–Kier alpha value is -3.89.